The van der Waals surface area contributed by atoms with E-state index in [4.69, 9.17) is 0 Å². The summed E-state index contributed by atoms with van der Waals surface area (Å²) in [6.45, 7) is 1.67. The summed E-state index contributed by atoms with van der Waals surface area (Å²) in [5.41, 5.74) is 1.21. The number of nitrogens with one attached hydrogen (secondary N) is 2. The van der Waals surface area contributed by atoms with Crippen molar-refractivity contribution in [3.05, 3.63) is 58.8 Å². The van der Waals surface area contributed by atoms with Gasteiger partial charge >= 0.3 is 6.18 Å². The highest BCUT2D eigenvalue weighted by atomic mass is 19.4. The maximum absolute atomic E-state index is 15.6. The molecule has 5 rings (SSSR count). The zero-order valence-electron chi connectivity index (χ0n) is 20.2. The average Bonchev–Trinajstić information content (AvgIpc) is 3.13. The van der Waals surface area contributed by atoms with Gasteiger partial charge in [-0.05, 0) is 55.7 Å². The van der Waals surface area contributed by atoms with E-state index in [1.165, 1.54) is 12.1 Å². The van der Waals surface area contributed by atoms with Gasteiger partial charge in [0.05, 0.1) is 25.3 Å². The first-order chi connectivity index (χ1) is 17.5. The van der Waals surface area contributed by atoms with E-state index in [0.29, 0.717) is 42.5 Å². The fourth-order valence-electron chi connectivity index (χ4n) is 5.60. The molecule has 2 aromatic carbocycles. The summed E-state index contributed by atoms with van der Waals surface area (Å²) in [5.74, 6) is -1.91. The van der Waals surface area contributed by atoms with Crippen LogP contribution < -0.4 is 5.32 Å². The fourth-order valence-corrected chi connectivity index (χ4v) is 5.60. The summed E-state index contributed by atoms with van der Waals surface area (Å²) < 4.78 is 84.3. The van der Waals surface area contributed by atoms with Gasteiger partial charge in [-0.15, -0.1) is 0 Å². The molecule has 0 unspecified atom stereocenters. The van der Waals surface area contributed by atoms with Crippen molar-refractivity contribution in [2.24, 2.45) is 0 Å². The Kier molecular flexibility index (Phi) is 6.78. The highest BCUT2D eigenvalue weighted by Gasteiger charge is 2.44. The van der Waals surface area contributed by atoms with Crippen LogP contribution in [0.4, 0.5) is 32.0 Å². The van der Waals surface area contributed by atoms with E-state index in [9.17, 15) is 22.7 Å². The largest absolute Gasteiger partial charge is 0.508 e. The van der Waals surface area contributed by atoms with Crippen LogP contribution in [0.5, 0.6) is 5.75 Å². The van der Waals surface area contributed by atoms with Gasteiger partial charge in [0.2, 0.25) is 0 Å². The molecule has 3 aromatic rings. The molecule has 2 aliphatic rings. The van der Waals surface area contributed by atoms with E-state index < -0.39 is 48.7 Å². The fraction of sp³-hybridized carbons (Fsp3) is 0.462. The van der Waals surface area contributed by atoms with Gasteiger partial charge in [0.1, 0.15) is 17.4 Å². The molecule has 1 fully saturated rings. The number of likely N-dealkylation sites (tertiary alicyclic amines) is 1. The number of hydrogen-bond donors (Lipinski definition) is 3. The molecule has 3 heterocycles. The minimum atomic E-state index is -4.58. The van der Waals surface area contributed by atoms with Crippen molar-refractivity contribution in [3.63, 3.8) is 0 Å². The summed E-state index contributed by atoms with van der Waals surface area (Å²) in [6, 6.07) is 4.68. The number of phenolic OH excluding ortho intramolecular Hbond substituents is 1. The minimum Gasteiger partial charge on any atom is -0.508 e. The van der Waals surface area contributed by atoms with Gasteiger partial charge in [0.25, 0.3) is 0 Å². The van der Waals surface area contributed by atoms with E-state index in [1.807, 2.05) is 4.90 Å². The second-order valence-corrected chi connectivity index (χ2v) is 9.99. The third-order valence-electron chi connectivity index (χ3n) is 7.24. The van der Waals surface area contributed by atoms with Crippen LogP contribution in [0.1, 0.15) is 36.2 Å². The van der Waals surface area contributed by atoms with Crippen molar-refractivity contribution < 1.29 is 31.4 Å². The van der Waals surface area contributed by atoms with Crippen LogP contribution in [-0.2, 0) is 6.42 Å². The molecule has 0 aliphatic carbocycles. The minimum absolute atomic E-state index is 0.0109. The summed E-state index contributed by atoms with van der Waals surface area (Å²) in [5, 5.41) is 13.6. The lowest BCUT2D eigenvalue weighted by Gasteiger charge is -2.41. The first kappa shape index (κ1) is 25.7. The SMILES string of the molecule is C[C@@H]1Cc2c([nH]c3ccc(O)cc23)[C@@H](c2c(F)cc(NC3CN(CCCF)C3)cc2F)N1CC(F)(F)F. The Bertz CT molecular complexity index is 1260. The number of rotatable bonds is 7. The number of benzene rings is 2. The van der Waals surface area contributed by atoms with Crippen LogP contribution in [0, 0.1) is 11.6 Å². The molecule has 3 N–H and O–H groups in total. The standard InChI is InChI=1S/C26H28F6N4O/c1-14-7-19-18-10-17(37)3-4-22(18)34-24(19)25(36(14)13-26(30,31)32)23-20(28)8-15(9-21(23)29)33-16-11-35(12-16)6-2-5-27/h3-4,8-10,14,16,25,33-34,37H,2,5-7,11-13H2,1H3/t14-,25-/m1/s1. The van der Waals surface area contributed by atoms with Crippen LogP contribution in [0.2, 0.25) is 0 Å². The number of aromatic amines is 1. The number of aromatic hydroxyl groups is 1. The Labute approximate surface area is 210 Å². The Balaban J connectivity index is 1.51. The predicted molar refractivity (Wildman–Crippen MR) is 129 cm³/mol. The van der Waals surface area contributed by atoms with E-state index in [2.05, 4.69) is 10.3 Å². The molecule has 37 heavy (non-hydrogen) atoms. The van der Waals surface area contributed by atoms with Crippen LogP contribution in [-0.4, -0.2) is 71.0 Å². The lowest BCUT2D eigenvalue weighted by molar-refractivity contribution is -0.155. The highest BCUT2D eigenvalue weighted by Crippen LogP contribution is 2.44. The van der Waals surface area contributed by atoms with Crippen molar-refractivity contribution in [2.75, 3.05) is 38.2 Å². The molecule has 1 aromatic heterocycles. The number of nitrogens with zero attached hydrogens (tertiary/aromatic N) is 2. The lowest BCUT2D eigenvalue weighted by Crippen LogP contribution is -2.54. The summed E-state index contributed by atoms with van der Waals surface area (Å²) in [7, 11) is 0. The van der Waals surface area contributed by atoms with Gasteiger partial charge in [0.15, 0.2) is 0 Å². The maximum Gasteiger partial charge on any atom is 0.401 e. The molecule has 11 heteroatoms. The quantitative estimate of drug-likeness (QED) is 0.356. The van der Waals surface area contributed by atoms with Crippen LogP contribution >= 0.6 is 0 Å². The van der Waals surface area contributed by atoms with Crippen molar-refractivity contribution in [1.29, 1.82) is 0 Å². The number of anilines is 1. The Morgan fingerprint density at radius 1 is 1.11 bits per heavy atom. The molecule has 0 amide bonds. The number of aromatic nitrogens is 1. The number of halogens is 6. The second-order valence-electron chi connectivity index (χ2n) is 9.99. The van der Waals surface area contributed by atoms with E-state index in [1.54, 1.807) is 13.0 Å². The van der Waals surface area contributed by atoms with E-state index in [-0.39, 0.29) is 29.6 Å². The number of fused-ring (bicyclic) bond motifs is 3. The molecule has 2 aliphatic heterocycles. The molecule has 0 bridgehead atoms. The molecule has 1 saturated heterocycles. The first-order valence-corrected chi connectivity index (χ1v) is 12.2. The number of hydrogen-bond acceptors (Lipinski definition) is 4. The molecule has 0 radical (unpaired) electrons. The van der Waals surface area contributed by atoms with Crippen LogP contribution in [0.15, 0.2) is 30.3 Å². The third-order valence-corrected chi connectivity index (χ3v) is 7.24. The predicted octanol–water partition coefficient (Wildman–Crippen LogP) is 5.51. The van der Waals surface area contributed by atoms with Gasteiger partial charge in [-0.2, -0.15) is 13.2 Å². The monoisotopic (exact) mass is 526 g/mol. The van der Waals surface area contributed by atoms with Gasteiger partial charge in [0, 0.05) is 53.5 Å². The van der Waals surface area contributed by atoms with Crippen molar-refractivity contribution in [2.45, 2.75) is 44.1 Å². The maximum atomic E-state index is 15.6. The number of H-pyrrole nitrogens is 1. The number of alkyl halides is 4. The molecule has 200 valence electrons. The molecule has 0 saturated carbocycles. The van der Waals surface area contributed by atoms with Crippen molar-refractivity contribution in [1.82, 2.24) is 14.8 Å². The summed E-state index contributed by atoms with van der Waals surface area (Å²) in [6.07, 6.45) is -3.94. The lowest BCUT2D eigenvalue weighted by atomic mass is 9.88. The normalized spacial score (nSPS) is 21.3. The molecule has 5 nitrogen and oxygen atoms in total. The molecular formula is C26H28F6N4O. The Hall–Kier alpha value is -2.92. The van der Waals surface area contributed by atoms with Gasteiger partial charge in [-0.1, -0.05) is 0 Å². The van der Waals surface area contributed by atoms with Crippen LogP contribution in [0.25, 0.3) is 10.9 Å². The van der Waals surface area contributed by atoms with Gasteiger partial charge in [-0.25, -0.2) is 8.78 Å². The average molecular weight is 527 g/mol. The van der Waals surface area contributed by atoms with Crippen molar-refractivity contribution >= 4 is 16.6 Å². The molecule has 2 atom stereocenters. The molecular weight excluding hydrogens is 498 g/mol. The molecule has 0 spiro atoms. The van der Waals surface area contributed by atoms with E-state index >= 15 is 8.78 Å². The smallest absolute Gasteiger partial charge is 0.401 e. The first-order valence-electron chi connectivity index (χ1n) is 12.2. The summed E-state index contributed by atoms with van der Waals surface area (Å²) >= 11 is 0. The Morgan fingerprint density at radius 2 is 1.81 bits per heavy atom. The second kappa shape index (κ2) is 9.75. The van der Waals surface area contributed by atoms with Crippen molar-refractivity contribution in [3.8, 4) is 5.75 Å². The van der Waals surface area contributed by atoms with Gasteiger partial charge in [-0.3, -0.25) is 14.2 Å². The zero-order chi connectivity index (χ0) is 26.5. The Morgan fingerprint density at radius 3 is 2.46 bits per heavy atom. The summed E-state index contributed by atoms with van der Waals surface area (Å²) in [4.78, 5) is 6.16. The zero-order valence-corrected chi connectivity index (χ0v) is 20.2. The van der Waals surface area contributed by atoms with Crippen LogP contribution in [0.3, 0.4) is 0 Å². The highest BCUT2D eigenvalue weighted by molar-refractivity contribution is 5.86. The van der Waals surface area contributed by atoms with E-state index in [0.717, 1.165) is 17.0 Å². The van der Waals surface area contributed by atoms with Gasteiger partial charge < -0.3 is 15.4 Å². The number of phenols is 1. The third kappa shape index (κ3) is 5.11. The topological polar surface area (TPSA) is 54.5 Å².